The van der Waals surface area contributed by atoms with Crippen molar-refractivity contribution in [3.63, 3.8) is 0 Å². The van der Waals surface area contributed by atoms with Gasteiger partial charge < -0.3 is 9.84 Å². The monoisotopic (exact) mass is 358 g/mol. The Kier molecular flexibility index (Phi) is 5.02. The number of hydrogen-bond acceptors (Lipinski definition) is 2. The normalized spacial score (nSPS) is 12.2. The van der Waals surface area contributed by atoms with Crippen LogP contribution < -0.4 is 4.74 Å². The summed E-state index contributed by atoms with van der Waals surface area (Å²) in [6.45, 7) is 0. The van der Waals surface area contributed by atoms with Crippen LogP contribution in [0.25, 0.3) is 0 Å². The second-order valence-corrected chi connectivity index (χ2v) is 5.63. The van der Waals surface area contributed by atoms with Crippen LogP contribution in [0.4, 0.5) is 4.39 Å². The number of methoxy groups -OCH3 is 1. The maximum atomic E-state index is 13.7. The van der Waals surface area contributed by atoms with Gasteiger partial charge in [-0.1, -0.05) is 39.7 Å². The number of benzene rings is 2. The Morgan fingerprint density at radius 2 is 2.10 bits per heavy atom. The van der Waals surface area contributed by atoms with E-state index >= 15 is 0 Å². The minimum Gasteiger partial charge on any atom is -0.496 e. The van der Waals surface area contributed by atoms with Crippen LogP contribution in [0.15, 0.2) is 40.9 Å². The zero-order valence-electron chi connectivity index (χ0n) is 10.7. The summed E-state index contributed by atoms with van der Waals surface area (Å²) >= 11 is 9.30. The summed E-state index contributed by atoms with van der Waals surface area (Å²) in [5, 5.41) is 10.6. The molecule has 0 aliphatic heterocycles. The summed E-state index contributed by atoms with van der Waals surface area (Å²) < 4.78 is 19.8. The Balaban J connectivity index is 2.31. The van der Waals surface area contributed by atoms with Crippen LogP contribution in [-0.2, 0) is 6.42 Å². The van der Waals surface area contributed by atoms with Gasteiger partial charge in [0, 0.05) is 27.0 Å². The molecule has 1 N–H and O–H groups in total. The average molecular weight is 360 g/mol. The topological polar surface area (TPSA) is 29.5 Å². The van der Waals surface area contributed by atoms with E-state index in [0.29, 0.717) is 21.9 Å². The molecular formula is C15H13BrClFO2. The van der Waals surface area contributed by atoms with Crippen molar-refractivity contribution < 1.29 is 14.2 Å². The SMILES string of the molecule is COc1cc(Br)ccc1C(O)Cc1c(F)cccc1Cl. The van der Waals surface area contributed by atoms with Gasteiger partial charge in [-0.3, -0.25) is 0 Å². The summed E-state index contributed by atoms with van der Waals surface area (Å²) in [7, 11) is 1.52. The highest BCUT2D eigenvalue weighted by Crippen LogP contribution is 2.32. The Hall–Kier alpha value is -1.10. The quantitative estimate of drug-likeness (QED) is 0.869. The molecule has 0 radical (unpaired) electrons. The van der Waals surface area contributed by atoms with Crippen molar-refractivity contribution in [3.8, 4) is 5.75 Å². The first-order valence-corrected chi connectivity index (χ1v) is 7.14. The van der Waals surface area contributed by atoms with Crippen LogP contribution in [0.5, 0.6) is 5.75 Å². The van der Waals surface area contributed by atoms with Crippen LogP contribution in [-0.4, -0.2) is 12.2 Å². The molecule has 0 spiro atoms. The largest absolute Gasteiger partial charge is 0.496 e. The van der Waals surface area contributed by atoms with Gasteiger partial charge in [0.15, 0.2) is 0 Å². The lowest BCUT2D eigenvalue weighted by Gasteiger charge is -2.16. The summed E-state index contributed by atoms with van der Waals surface area (Å²) in [4.78, 5) is 0. The second kappa shape index (κ2) is 6.57. The van der Waals surface area contributed by atoms with Gasteiger partial charge in [-0.05, 0) is 24.3 Å². The molecule has 1 atom stereocenters. The van der Waals surface area contributed by atoms with E-state index in [1.54, 1.807) is 24.3 Å². The molecule has 0 aromatic heterocycles. The molecule has 20 heavy (non-hydrogen) atoms. The Morgan fingerprint density at radius 1 is 1.35 bits per heavy atom. The number of halogens is 3. The third-order valence-corrected chi connectivity index (χ3v) is 3.86. The highest BCUT2D eigenvalue weighted by molar-refractivity contribution is 9.10. The molecule has 0 aliphatic carbocycles. The first kappa shape index (κ1) is 15.3. The Morgan fingerprint density at radius 3 is 2.75 bits per heavy atom. The van der Waals surface area contributed by atoms with Crippen molar-refractivity contribution >= 4 is 27.5 Å². The fourth-order valence-electron chi connectivity index (χ4n) is 1.99. The standard InChI is InChI=1S/C15H13BrClFO2/c1-20-15-7-9(16)5-6-10(15)14(19)8-11-12(17)3-2-4-13(11)18/h2-7,14,19H,8H2,1H3. The molecule has 2 rings (SSSR count). The molecule has 0 aliphatic rings. The smallest absolute Gasteiger partial charge is 0.127 e. The van der Waals surface area contributed by atoms with E-state index in [4.69, 9.17) is 16.3 Å². The molecule has 2 aromatic rings. The molecule has 0 bridgehead atoms. The molecule has 1 unspecified atom stereocenters. The third kappa shape index (κ3) is 3.32. The fraction of sp³-hybridized carbons (Fsp3) is 0.200. The zero-order valence-corrected chi connectivity index (χ0v) is 13.1. The molecule has 106 valence electrons. The molecule has 0 heterocycles. The summed E-state index contributed by atoms with van der Waals surface area (Å²) in [5.74, 6) is 0.118. The van der Waals surface area contributed by atoms with Crippen molar-refractivity contribution in [2.45, 2.75) is 12.5 Å². The van der Waals surface area contributed by atoms with E-state index in [2.05, 4.69) is 15.9 Å². The fourth-order valence-corrected chi connectivity index (χ4v) is 2.57. The maximum Gasteiger partial charge on any atom is 0.127 e. The first-order valence-electron chi connectivity index (χ1n) is 5.97. The molecule has 0 fully saturated rings. The molecule has 0 saturated carbocycles. The van der Waals surface area contributed by atoms with Crippen LogP contribution in [0.1, 0.15) is 17.2 Å². The van der Waals surface area contributed by atoms with Gasteiger partial charge in [-0.25, -0.2) is 4.39 Å². The molecule has 2 nitrogen and oxygen atoms in total. The van der Waals surface area contributed by atoms with E-state index in [0.717, 1.165) is 4.47 Å². The van der Waals surface area contributed by atoms with E-state index in [1.165, 1.54) is 19.2 Å². The molecule has 0 saturated heterocycles. The Bertz CT molecular complexity index is 599. The van der Waals surface area contributed by atoms with E-state index in [9.17, 15) is 9.50 Å². The van der Waals surface area contributed by atoms with Gasteiger partial charge in [0.05, 0.1) is 13.2 Å². The van der Waals surface area contributed by atoms with E-state index in [-0.39, 0.29) is 6.42 Å². The predicted molar refractivity (Wildman–Crippen MR) is 80.8 cm³/mol. The van der Waals surface area contributed by atoms with Crippen molar-refractivity contribution in [2.24, 2.45) is 0 Å². The number of aliphatic hydroxyl groups excluding tert-OH is 1. The highest BCUT2D eigenvalue weighted by Gasteiger charge is 2.18. The summed E-state index contributed by atoms with van der Waals surface area (Å²) in [6.07, 6.45) is -0.809. The third-order valence-electron chi connectivity index (χ3n) is 3.01. The number of aliphatic hydroxyl groups is 1. The minimum absolute atomic E-state index is 0.0868. The van der Waals surface area contributed by atoms with Crippen LogP contribution >= 0.6 is 27.5 Å². The van der Waals surface area contributed by atoms with Crippen LogP contribution in [0, 0.1) is 5.82 Å². The summed E-state index contributed by atoms with van der Waals surface area (Å²) in [5.41, 5.74) is 0.890. The van der Waals surface area contributed by atoms with Crippen molar-refractivity contribution in [1.82, 2.24) is 0 Å². The van der Waals surface area contributed by atoms with Crippen molar-refractivity contribution in [1.29, 1.82) is 0 Å². The summed E-state index contributed by atoms with van der Waals surface area (Å²) in [6, 6.07) is 9.75. The number of ether oxygens (including phenoxy) is 1. The predicted octanol–water partition coefficient (Wildman–Crippen LogP) is 4.53. The van der Waals surface area contributed by atoms with Gasteiger partial charge >= 0.3 is 0 Å². The van der Waals surface area contributed by atoms with Gasteiger partial charge in [-0.2, -0.15) is 0 Å². The molecule has 2 aromatic carbocycles. The molecule has 0 amide bonds. The van der Waals surface area contributed by atoms with E-state index < -0.39 is 11.9 Å². The van der Waals surface area contributed by atoms with Crippen LogP contribution in [0.3, 0.4) is 0 Å². The molecular weight excluding hydrogens is 347 g/mol. The number of hydrogen-bond donors (Lipinski definition) is 1. The van der Waals surface area contributed by atoms with E-state index in [1.807, 2.05) is 0 Å². The van der Waals surface area contributed by atoms with Gasteiger partial charge in [-0.15, -0.1) is 0 Å². The van der Waals surface area contributed by atoms with Gasteiger partial charge in [0.25, 0.3) is 0 Å². The minimum atomic E-state index is -0.896. The lowest BCUT2D eigenvalue weighted by molar-refractivity contribution is 0.172. The van der Waals surface area contributed by atoms with Crippen molar-refractivity contribution in [3.05, 3.63) is 62.8 Å². The lowest BCUT2D eigenvalue weighted by atomic mass is 10.00. The highest BCUT2D eigenvalue weighted by atomic mass is 79.9. The average Bonchev–Trinajstić information content (AvgIpc) is 2.42. The number of rotatable bonds is 4. The molecule has 5 heteroatoms. The van der Waals surface area contributed by atoms with Gasteiger partial charge in [0.1, 0.15) is 11.6 Å². The van der Waals surface area contributed by atoms with Gasteiger partial charge in [0.2, 0.25) is 0 Å². The maximum absolute atomic E-state index is 13.7. The lowest BCUT2D eigenvalue weighted by Crippen LogP contribution is -2.06. The van der Waals surface area contributed by atoms with Crippen molar-refractivity contribution in [2.75, 3.05) is 7.11 Å². The van der Waals surface area contributed by atoms with Crippen LogP contribution in [0.2, 0.25) is 5.02 Å². The Labute approximate surface area is 130 Å². The second-order valence-electron chi connectivity index (χ2n) is 4.31. The zero-order chi connectivity index (χ0) is 14.7. The first-order chi connectivity index (χ1) is 9.52.